The highest BCUT2D eigenvalue weighted by molar-refractivity contribution is 4.57. The molecule has 0 spiro atoms. The van der Waals surface area contributed by atoms with Gasteiger partial charge in [-0.05, 0) is 12.8 Å². The zero-order valence-corrected chi connectivity index (χ0v) is 20.0. The van der Waals surface area contributed by atoms with Crippen molar-refractivity contribution in [2.45, 2.75) is 128 Å². The highest BCUT2D eigenvalue weighted by Crippen LogP contribution is 2.23. The molecule has 0 aliphatic carbocycles. The van der Waals surface area contributed by atoms with Crippen LogP contribution in [0.3, 0.4) is 0 Å². The van der Waals surface area contributed by atoms with Crippen LogP contribution in [0.2, 0.25) is 0 Å². The first-order chi connectivity index (χ1) is 15.0. The smallest absolute Gasteiger partial charge is 0.218 e. The molecule has 0 aliphatic rings. The van der Waals surface area contributed by atoms with Gasteiger partial charge in [-0.15, -0.1) is 0 Å². The van der Waals surface area contributed by atoms with Crippen LogP contribution in [0.4, 0.5) is 0 Å². The fourth-order valence-electron chi connectivity index (χ4n) is 4.43. The Balaban J connectivity index is 3.87. The Morgan fingerprint density at radius 3 is 0.968 bits per heavy atom. The number of hydrogen-bond acceptors (Lipinski definition) is 6. The van der Waals surface area contributed by atoms with Crippen LogP contribution in [0.1, 0.15) is 110 Å². The number of nitrogens with zero attached hydrogens (tertiary/aromatic N) is 1. The molecule has 0 aromatic heterocycles. The van der Waals surface area contributed by atoms with Crippen LogP contribution in [0, 0.1) is 0 Å². The second kappa shape index (κ2) is 20.3. The van der Waals surface area contributed by atoms with Gasteiger partial charge in [0, 0.05) is 0 Å². The highest BCUT2D eigenvalue weighted by Gasteiger charge is 2.47. The van der Waals surface area contributed by atoms with Gasteiger partial charge in [0.25, 0.3) is 0 Å². The van der Waals surface area contributed by atoms with E-state index in [1.165, 1.54) is 77.0 Å². The second-order valence-corrected chi connectivity index (χ2v) is 9.01. The predicted molar refractivity (Wildman–Crippen MR) is 124 cm³/mol. The van der Waals surface area contributed by atoms with Crippen molar-refractivity contribution >= 4 is 0 Å². The van der Waals surface area contributed by atoms with Crippen molar-refractivity contribution in [3.63, 3.8) is 0 Å². The summed E-state index contributed by atoms with van der Waals surface area (Å²) in [7, 11) is 0. The number of rotatable bonds is 23. The van der Waals surface area contributed by atoms with Crippen LogP contribution in [0.25, 0.3) is 0 Å². The van der Waals surface area contributed by atoms with E-state index in [0.29, 0.717) is 6.42 Å². The zero-order valence-electron chi connectivity index (χ0n) is 20.0. The molecular formula is C24H52NO6+. The van der Waals surface area contributed by atoms with Gasteiger partial charge in [-0.3, -0.25) is 0 Å². The minimum absolute atomic E-state index is 0.170. The molecule has 0 aliphatic heterocycles. The molecule has 0 saturated carbocycles. The third kappa shape index (κ3) is 12.5. The average Bonchev–Trinajstić information content (AvgIpc) is 2.79. The van der Waals surface area contributed by atoms with Gasteiger partial charge in [0.05, 0.1) is 6.54 Å². The van der Waals surface area contributed by atoms with Crippen molar-refractivity contribution in [3.8, 4) is 0 Å². The minimum Gasteiger partial charge on any atom is -0.387 e. The van der Waals surface area contributed by atoms with Crippen molar-refractivity contribution in [2.24, 2.45) is 0 Å². The number of hydrogen-bond donors (Lipinski definition) is 6. The molecule has 6 N–H and O–H groups in total. The molecule has 0 rings (SSSR count). The Kier molecular flexibility index (Phi) is 20.2. The van der Waals surface area contributed by atoms with Crippen LogP contribution in [0.5, 0.6) is 0 Å². The van der Waals surface area contributed by atoms with E-state index in [9.17, 15) is 30.6 Å². The summed E-state index contributed by atoms with van der Waals surface area (Å²) >= 11 is 0. The third-order valence-electron chi connectivity index (χ3n) is 6.55. The molecule has 0 radical (unpaired) electrons. The lowest BCUT2D eigenvalue weighted by atomic mass is 10.0. The molecule has 0 aromatic rings. The quantitative estimate of drug-likeness (QED) is 0.0808. The number of aliphatic hydroxyl groups excluding tert-OH is 6. The second-order valence-electron chi connectivity index (χ2n) is 9.01. The van der Waals surface area contributed by atoms with E-state index in [4.69, 9.17) is 0 Å². The molecule has 0 bridgehead atoms. The Labute approximate surface area is 190 Å². The molecule has 188 valence electrons. The molecule has 7 heteroatoms. The summed E-state index contributed by atoms with van der Waals surface area (Å²) in [5.41, 5.74) is 0. The van der Waals surface area contributed by atoms with E-state index in [1.54, 1.807) is 0 Å². The van der Waals surface area contributed by atoms with E-state index in [2.05, 4.69) is 6.92 Å². The molecule has 0 fully saturated rings. The van der Waals surface area contributed by atoms with Crippen molar-refractivity contribution in [1.29, 1.82) is 0 Å². The van der Waals surface area contributed by atoms with Crippen LogP contribution >= 0.6 is 0 Å². The Morgan fingerprint density at radius 1 is 0.452 bits per heavy atom. The lowest BCUT2D eigenvalue weighted by molar-refractivity contribution is -1.05. The SMILES string of the molecule is CCCCCCCCCCCCCCCCCC[N+](C(O)CO)(C(O)CO)C(O)CO. The van der Waals surface area contributed by atoms with Crippen molar-refractivity contribution in [3.05, 3.63) is 0 Å². The standard InChI is InChI=1S/C24H52NO6/c1-2-3-4-5-6-7-8-9-10-11-12-13-14-15-16-17-18-25(22(29)19-26,23(30)20-27)24(31)21-28/h22-24,26-31H,2-21H2,1H3/q+1. The fraction of sp³-hybridized carbons (Fsp3) is 1.00. The van der Waals surface area contributed by atoms with E-state index in [0.717, 1.165) is 19.3 Å². The van der Waals surface area contributed by atoms with Crippen molar-refractivity contribution in [2.75, 3.05) is 26.4 Å². The monoisotopic (exact) mass is 450 g/mol. The lowest BCUT2D eigenvalue weighted by Crippen LogP contribution is -2.70. The van der Waals surface area contributed by atoms with Crippen LogP contribution in [-0.2, 0) is 0 Å². The van der Waals surface area contributed by atoms with Gasteiger partial charge in [-0.2, -0.15) is 0 Å². The van der Waals surface area contributed by atoms with Gasteiger partial charge in [0.2, 0.25) is 18.7 Å². The van der Waals surface area contributed by atoms with Gasteiger partial charge in [0.1, 0.15) is 19.8 Å². The van der Waals surface area contributed by atoms with E-state index in [1.807, 2.05) is 0 Å². The van der Waals surface area contributed by atoms with Gasteiger partial charge in [-0.1, -0.05) is 96.8 Å². The summed E-state index contributed by atoms with van der Waals surface area (Å²) in [6.45, 7) is 0.403. The summed E-state index contributed by atoms with van der Waals surface area (Å²) in [6.07, 6.45) is 15.3. The van der Waals surface area contributed by atoms with Gasteiger partial charge in [-0.25, -0.2) is 4.48 Å². The van der Waals surface area contributed by atoms with Gasteiger partial charge in [0.15, 0.2) is 0 Å². The maximum Gasteiger partial charge on any atom is 0.218 e. The van der Waals surface area contributed by atoms with Gasteiger partial charge < -0.3 is 30.6 Å². The van der Waals surface area contributed by atoms with Gasteiger partial charge >= 0.3 is 0 Å². The predicted octanol–water partition coefficient (Wildman–Crippen LogP) is 3.00. The van der Waals surface area contributed by atoms with Crippen LogP contribution < -0.4 is 0 Å². The summed E-state index contributed by atoms with van der Waals surface area (Å²) in [5, 5.41) is 58.6. The molecule has 3 unspecified atom stereocenters. The van der Waals surface area contributed by atoms with Crippen LogP contribution in [0.15, 0.2) is 0 Å². The minimum atomic E-state index is -1.47. The number of quaternary nitrogens is 1. The van der Waals surface area contributed by atoms with E-state index in [-0.39, 0.29) is 6.54 Å². The lowest BCUT2D eigenvalue weighted by Gasteiger charge is -2.46. The molecular weight excluding hydrogens is 398 g/mol. The third-order valence-corrected chi connectivity index (χ3v) is 6.55. The maximum atomic E-state index is 10.2. The summed E-state index contributed by atoms with van der Waals surface area (Å²) in [5.74, 6) is 0. The highest BCUT2D eigenvalue weighted by atomic mass is 16.4. The fourth-order valence-corrected chi connectivity index (χ4v) is 4.43. The molecule has 7 nitrogen and oxygen atoms in total. The van der Waals surface area contributed by atoms with Crippen molar-refractivity contribution in [1.82, 2.24) is 0 Å². The first-order valence-electron chi connectivity index (χ1n) is 12.7. The summed E-state index contributed by atoms with van der Waals surface area (Å²) in [6, 6.07) is 0. The Hall–Kier alpha value is -0.280. The summed E-state index contributed by atoms with van der Waals surface area (Å²) < 4.78 is -0.720. The van der Waals surface area contributed by atoms with E-state index < -0.39 is 43.0 Å². The normalized spacial score (nSPS) is 16.7. The largest absolute Gasteiger partial charge is 0.387 e. The molecule has 31 heavy (non-hydrogen) atoms. The molecule has 3 atom stereocenters. The van der Waals surface area contributed by atoms with Crippen molar-refractivity contribution < 1.29 is 35.1 Å². The topological polar surface area (TPSA) is 121 Å². The number of unbranched alkanes of at least 4 members (excludes halogenated alkanes) is 15. The molecule has 0 saturated heterocycles. The first kappa shape index (κ1) is 30.7. The Bertz CT molecular complexity index is 359. The zero-order chi connectivity index (χ0) is 23.4. The summed E-state index contributed by atoms with van der Waals surface area (Å²) in [4.78, 5) is 0. The average molecular weight is 451 g/mol. The van der Waals surface area contributed by atoms with E-state index >= 15 is 0 Å². The first-order valence-corrected chi connectivity index (χ1v) is 12.7. The van der Waals surface area contributed by atoms with Crippen LogP contribution in [-0.4, -0.2) is 80.2 Å². The molecule has 0 amide bonds. The maximum absolute atomic E-state index is 10.2. The molecule has 0 heterocycles. The Morgan fingerprint density at radius 2 is 0.710 bits per heavy atom. The molecule has 0 aromatic carbocycles. The number of aliphatic hydroxyl groups is 6.